The summed E-state index contributed by atoms with van der Waals surface area (Å²) in [5.74, 6) is 0. The molecule has 0 aliphatic rings. The number of nitrogens with one attached hydrogen (secondary N) is 1. The molecule has 0 bridgehead atoms. The zero-order chi connectivity index (χ0) is 9.45. The fraction of sp³-hybridized carbons (Fsp3) is 1.00. The third-order valence-corrected chi connectivity index (χ3v) is 1.68. The van der Waals surface area contributed by atoms with Gasteiger partial charge in [0, 0.05) is 13.2 Å². The van der Waals surface area contributed by atoms with Gasteiger partial charge >= 0.3 is 0 Å². The van der Waals surface area contributed by atoms with E-state index in [-0.39, 0.29) is 0 Å². The Morgan fingerprint density at radius 2 is 1.83 bits per heavy atom. The van der Waals surface area contributed by atoms with E-state index in [1.165, 1.54) is 6.42 Å². The maximum absolute atomic E-state index is 5.20. The van der Waals surface area contributed by atoms with E-state index in [4.69, 9.17) is 4.74 Å². The molecular weight excluding hydrogens is 150 g/mol. The molecule has 2 heteroatoms. The summed E-state index contributed by atoms with van der Waals surface area (Å²) in [7, 11) is 0. The van der Waals surface area contributed by atoms with Crippen molar-refractivity contribution in [2.45, 2.75) is 34.1 Å². The molecule has 0 saturated heterocycles. The van der Waals surface area contributed by atoms with Crippen molar-refractivity contribution in [3.05, 3.63) is 0 Å². The van der Waals surface area contributed by atoms with Gasteiger partial charge in [0.05, 0.1) is 6.61 Å². The van der Waals surface area contributed by atoms with Crippen LogP contribution in [0.4, 0.5) is 0 Å². The lowest BCUT2D eigenvalue weighted by Crippen LogP contribution is -2.24. The van der Waals surface area contributed by atoms with Crippen molar-refractivity contribution in [3.8, 4) is 0 Å². The Morgan fingerprint density at radius 3 is 2.33 bits per heavy atom. The van der Waals surface area contributed by atoms with E-state index in [9.17, 15) is 0 Å². The Bertz CT molecular complexity index is 96.5. The highest BCUT2D eigenvalue weighted by Crippen LogP contribution is 2.16. The van der Waals surface area contributed by atoms with E-state index in [0.29, 0.717) is 5.41 Å². The molecular formula is C10H23NO. The van der Waals surface area contributed by atoms with Gasteiger partial charge in [0.2, 0.25) is 0 Å². The molecule has 0 fully saturated rings. The molecule has 0 aliphatic carbocycles. The molecule has 0 spiro atoms. The Labute approximate surface area is 76.7 Å². The first-order valence-corrected chi connectivity index (χ1v) is 4.85. The summed E-state index contributed by atoms with van der Waals surface area (Å²) in [6.45, 7) is 12.5. The van der Waals surface area contributed by atoms with Crippen molar-refractivity contribution in [2.75, 3.05) is 26.3 Å². The molecule has 2 nitrogen and oxygen atoms in total. The summed E-state index contributed by atoms with van der Waals surface area (Å²) < 4.78 is 5.20. The number of hydrogen-bond donors (Lipinski definition) is 1. The van der Waals surface area contributed by atoms with Crippen LogP contribution >= 0.6 is 0 Å². The van der Waals surface area contributed by atoms with Gasteiger partial charge in [0.25, 0.3) is 0 Å². The zero-order valence-corrected chi connectivity index (χ0v) is 8.94. The van der Waals surface area contributed by atoms with Gasteiger partial charge < -0.3 is 10.1 Å². The van der Waals surface area contributed by atoms with Crippen LogP contribution in [0.25, 0.3) is 0 Å². The van der Waals surface area contributed by atoms with Crippen LogP contribution < -0.4 is 5.32 Å². The first-order chi connectivity index (χ1) is 5.56. The average molecular weight is 173 g/mol. The van der Waals surface area contributed by atoms with Crippen LogP contribution in [0.2, 0.25) is 0 Å². The molecule has 0 aromatic rings. The maximum atomic E-state index is 5.20. The molecule has 0 aliphatic heterocycles. The van der Waals surface area contributed by atoms with Gasteiger partial charge in [-0.1, -0.05) is 20.8 Å². The van der Waals surface area contributed by atoms with Crippen LogP contribution in [0.5, 0.6) is 0 Å². The van der Waals surface area contributed by atoms with E-state index < -0.39 is 0 Å². The standard InChI is InChI=1S/C10H23NO/c1-5-12-9-8-11-7-6-10(2,3)4/h11H,5-9H2,1-4H3. The molecule has 0 heterocycles. The van der Waals surface area contributed by atoms with Crippen LogP contribution in [0.1, 0.15) is 34.1 Å². The maximum Gasteiger partial charge on any atom is 0.0590 e. The van der Waals surface area contributed by atoms with Gasteiger partial charge in [-0.25, -0.2) is 0 Å². The molecule has 74 valence electrons. The van der Waals surface area contributed by atoms with Crippen LogP contribution in [-0.2, 0) is 4.74 Å². The first kappa shape index (κ1) is 11.9. The summed E-state index contributed by atoms with van der Waals surface area (Å²) in [5, 5.41) is 3.35. The van der Waals surface area contributed by atoms with Crippen molar-refractivity contribution in [1.29, 1.82) is 0 Å². The largest absolute Gasteiger partial charge is 0.380 e. The summed E-state index contributed by atoms with van der Waals surface area (Å²) in [6.07, 6.45) is 1.22. The molecule has 0 radical (unpaired) electrons. The topological polar surface area (TPSA) is 21.3 Å². The van der Waals surface area contributed by atoms with Gasteiger partial charge in [-0.15, -0.1) is 0 Å². The van der Waals surface area contributed by atoms with Crippen LogP contribution in [0.15, 0.2) is 0 Å². The minimum atomic E-state index is 0.443. The molecule has 12 heavy (non-hydrogen) atoms. The lowest BCUT2D eigenvalue weighted by Gasteiger charge is -2.17. The van der Waals surface area contributed by atoms with E-state index in [0.717, 1.165) is 26.3 Å². The lowest BCUT2D eigenvalue weighted by atomic mass is 9.92. The number of hydrogen-bond acceptors (Lipinski definition) is 2. The van der Waals surface area contributed by atoms with Gasteiger partial charge in [-0.05, 0) is 25.3 Å². The van der Waals surface area contributed by atoms with Crippen molar-refractivity contribution in [3.63, 3.8) is 0 Å². The average Bonchev–Trinajstić information content (AvgIpc) is 1.94. The molecule has 0 saturated carbocycles. The molecule has 1 N–H and O–H groups in total. The quantitative estimate of drug-likeness (QED) is 0.621. The third kappa shape index (κ3) is 9.92. The number of rotatable bonds is 6. The van der Waals surface area contributed by atoms with E-state index in [1.807, 2.05) is 6.92 Å². The normalized spacial score (nSPS) is 12.0. The van der Waals surface area contributed by atoms with Crippen molar-refractivity contribution in [1.82, 2.24) is 5.32 Å². The van der Waals surface area contributed by atoms with Crippen LogP contribution in [0.3, 0.4) is 0 Å². The highest BCUT2D eigenvalue weighted by Gasteiger charge is 2.08. The Balaban J connectivity index is 3.01. The smallest absolute Gasteiger partial charge is 0.0590 e. The second-order valence-corrected chi connectivity index (χ2v) is 4.26. The molecule has 0 unspecified atom stereocenters. The second kappa shape index (κ2) is 6.44. The van der Waals surface area contributed by atoms with Gasteiger partial charge in [-0.3, -0.25) is 0 Å². The first-order valence-electron chi connectivity index (χ1n) is 4.85. The van der Waals surface area contributed by atoms with E-state index >= 15 is 0 Å². The molecule has 0 amide bonds. The minimum Gasteiger partial charge on any atom is -0.380 e. The minimum absolute atomic E-state index is 0.443. The summed E-state index contributed by atoms with van der Waals surface area (Å²) >= 11 is 0. The van der Waals surface area contributed by atoms with Crippen molar-refractivity contribution < 1.29 is 4.74 Å². The van der Waals surface area contributed by atoms with Crippen molar-refractivity contribution >= 4 is 0 Å². The van der Waals surface area contributed by atoms with E-state index in [1.54, 1.807) is 0 Å². The fourth-order valence-corrected chi connectivity index (χ4v) is 0.877. The predicted molar refractivity (Wildman–Crippen MR) is 53.4 cm³/mol. The SMILES string of the molecule is CCOCCNCCC(C)(C)C. The summed E-state index contributed by atoms with van der Waals surface area (Å²) in [4.78, 5) is 0. The summed E-state index contributed by atoms with van der Waals surface area (Å²) in [5.41, 5.74) is 0.443. The van der Waals surface area contributed by atoms with Gasteiger partial charge in [-0.2, -0.15) is 0 Å². The van der Waals surface area contributed by atoms with Gasteiger partial charge in [0.1, 0.15) is 0 Å². The van der Waals surface area contributed by atoms with Gasteiger partial charge in [0.15, 0.2) is 0 Å². The molecule has 0 aromatic carbocycles. The van der Waals surface area contributed by atoms with Crippen LogP contribution in [0, 0.1) is 5.41 Å². The Morgan fingerprint density at radius 1 is 1.17 bits per heavy atom. The van der Waals surface area contributed by atoms with Crippen molar-refractivity contribution in [2.24, 2.45) is 5.41 Å². The monoisotopic (exact) mass is 173 g/mol. The highest BCUT2D eigenvalue weighted by molar-refractivity contribution is 4.62. The Hall–Kier alpha value is -0.0800. The fourth-order valence-electron chi connectivity index (χ4n) is 0.877. The molecule has 0 atom stereocenters. The lowest BCUT2D eigenvalue weighted by molar-refractivity contribution is 0.148. The zero-order valence-electron chi connectivity index (χ0n) is 8.94. The molecule has 0 rings (SSSR count). The summed E-state index contributed by atoms with van der Waals surface area (Å²) in [6, 6.07) is 0. The van der Waals surface area contributed by atoms with Crippen LogP contribution in [-0.4, -0.2) is 26.3 Å². The number of ether oxygens (including phenoxy) is 1. The third-order valence-electron chi connectivity index (χ3n) is 1.68. The second-order valence-electron chi connectivity index (χ2n) is 4.26. The highest BCUT2D eigenvalue weighted by atomic mass is 16.5. The molecule has 0 aromatic heterocycles. The Kier molecular flexibility index (Phi) is 6.39. The predicted octanol–water partition coefficient (Wildman–Crippen LogP) is 2.05. The van der Waals surface area contributed by atoms with E-state index in [2.05, 4.69) is 26.1 Å².